The van der Waals surface area contributed by atoms with E-state index in [0.717, 1.165) is 29.4 Å². The van der Waals surface area contributed by atoms with Crippen molar-refractivity contribution in [1.29, 1.82) is 0 Å². The van der Waals surface area contributed by atoms with Gasteiger partial charge < -0.3 is 15.5 Å². The third kappa shape index (κ3) is 4.19. The molecule has 1 atom stereocenters. The zero-order valence-corrected chi connectivity index (χ0v) is 13.3. The molecule has 7 heteroatoms. The van der Waals surface area contributed by atoms with Crippen LogP contribution in [0.2, 0.25) is 0 Å². The summed E-state index contributed by atoms with van der Waals surface area (Å²) in [6, 6.07) is 3.97. The summed E-state index contributed by atoms with van der Waals surface area (Å²) in [4.78, 5) is 26.9. The summed E-state index contributed by atoms with van der Waals surface area (Å²) < 4.78 is 0. The Bertz CT molecular complexity index is 478. The smallest absolute Gasteiger partial charge is 0.264 e. The largest absolute Gasteiger partial charge is 0.351 e. The minimum absolute atomic E-state index is 0. The standard InChI is InChI=1S/C13H19N3O2S.ClH/c1-9-7-14-5-6-16(9)13(18)12-4-3-11(19-12)8-15-10(2)17;/h3-4,9,14H,5-8H2,1-2H3,(H,15,17);1H/t9-;/m1./s1. The second kappa shape index (κ2) is 7.61. The average molecular weight is 318 g/mol. The molecule has 1 aromatic rings. The van der Waals surface area contributed by atoms with E-state index in [1.807, 2.05) is 17.0 Å². The quantitative estimate of drug-likeness (QED) is 0.882. The fraction of sp³-hybridized carbons (Fsp3) is 0.538. The third-order valence-corrected chi connectivity index (χ3v) is 4.22. The Morgan fingerprint density at radius 1 is 1.50 bits per heavy atom. The number of piperazine rings is 1. The van der Waals surface area contributed by atoms with E-state index in [4.69, 9.17) is 0 Å². The summed E-state index contributed by atoms with van der Waals surface area (Å²) in [6.07, 6.45) is 0. The van der Waals surface area contributed by atoms with Gasteiger partial charge in [0.05, 0.1) is 11.4 Å². The van der Waals surface area contributed by atoms with E-state index in [1.54, 1.807) is 0 Å². The maximum Gasteiger partial charge on any atom is 0.264 e. The molecule has 1 fully saturated rings. The molecule has 1 aliphatic heterocycles. The lowest BCUT2D eigenvalue weighted by Gasteiger charge is -2.33. The van der Waals surface area contributed by atoms with E-state index >= 15 is 0 Å². The van der Waals surface area contributed by atoms with Crippen molar-refractivity contribution in [3.8, 4) is 0 Å². The number of amides is 2. The zero-order chi connectivity index (χ0) is 13.8. The number of rotatable bonds is 3. The van der Waals surface area contributed by atoms with Gasteiger partial charge in [0.2, 0.25) is 5.91 Å². The third-order valence-electron chi connectivity index (χ3n) is 3.15. The molecule has 0 bridgehead atoms. The van der Waals surface area contributed by atoms with Crippen molar-refractivity contribution in [2.45, 2.75) is 26.4 Å². The van der Waals surface area contributed by atoms with Crippen molar-refractivity contribution in [3.63, 3.8) is 0 Å². The molecule has 0 radical (unpaired) electrons. The molecule has 1 aliphatic rings. The average Bonchev–Trinajstić information content (AvgIpc) is 2.85. The van der Waals surface area contributed by atoms with Crippen molar-refractivity contribution in [3.05, 3.63) is 21.9 Å². The second-order valence-electron chi connectivity index (χ2n) is 4.73. The Balaban J connectivity index is 0.00000200. The monoisotopic (exact) mass is 317 g/mol. The Kier molecular flexibility index (Phi) is 6.45. The number of thiophene rings is 1. The Morgan fingerprint density at radius 2 is 2.25 bits per heavy atom. The highest BCUT2D eigenvalue weighted by Crippen LogP contribution is 2.19. The summed E-state index contributed by atoms with van der Waals surface area (Å²) in [6.45, 7) is 6.47. The molecule has 112 valence electrons. The van der Waals surface area contributed by atoms with Crippen molar-refractivity contribution in [2.75, 3.05) is 19.6 Å². The van der Waals surface area contributed by atoms with Gasteiger partial charge in [0.1, 0.15) is 0 Å². The number of carbonyl (C=O) groups excluding carboxylic acids is 2. The van der Waals surface area contributed by atoms with Gasteiger partial charge in [0.25, 0.3) is 5.91 Å². The van der Waals surface area contributed by atoms with Crippen LogP contribution in [0.5, 0.6) is 0 Å². The molecule has 0 spiro atoms. The Hall–Kier alpha value is -1.11. The summed E-state index contributed by atoms with van der Waals surface area (Å²) >= 11 is 1.45. The van der Waals surface area contributed by atoms with Crippen LogP contribution in [-0.2, 0) is 11.3 Å². The van der Waals surface area contributed by atoms with Crippen LogP contribution < -0.4 is 10.6 Å². The molecule has 0 saturated carbocycles. The highest BCUT2D eigenvalue weighted by atomic mass is 35.5. The minimum Gasteiger partial charge on any atom is -0.351 e. The van der Waals surface area contributed by atoms with Crippen LogP contribution in [0.1, 0.15) is 28.4 Å². The molecule has 2 heterocycles. The highest BCUT2D eigenvalue weighted by molar-refractivity contribution is 7.14. The van der Waals surface area contributed by atoms with E-state index < -0.39 is 0 Å². The van der Waals surface area contributed by atoms with Crippen molar-refractivity contribution in [2.24, 2.45) is 0 Å². The molecule has 2 N–H and O–H groups in total. The molecule has 0 unspecified atom stereocenters. The summed E-state index contributed by atoms with van der Waals surface area (Å²) in [5.74, 6) is 0.0325. The molecule has 2 amide bonds. The number of hydrogen-bond acceptors (Lipinski definition) is 4. The van der Waals surface area contributed by atoms with Crippen LogP contribution >= 0.6 is 23.7 Å². The molecular weight excluding hydrogens is 298 g/mol. The normalized spacial score (nSPS) is 18.3. The van der Waals surface area contributed by atoms with Gasteiger partial charge in [-0.1, -0.05) is 0 Å². The number of nitrogens with one attached hydrogen (secondary N) is 2. The first-order chi connectivity index (χ1) is 9.08. The van der Waals surface area contributed by atoms with Crippen LogP contribution in [0.15, 0.2) is 12.1 Å². The van der Waals surface area contributed by atoms with Gasteiger partial charge in [-0.15, -0.1) is 23.7 Å². The van der Waals surface area contributed by atoms with E-state index in [-0.39, 0.29) is 30.3 Å². The first-order valence-corrected chi connectivity index (χ1v) is 7.24. The van der Waals surface area contributed by atoms with E-state index in [1.165, 1.54) is 18.3 Å². The van der Waals surface area contributed by atoms with Crippen LogP contribution in [0, 0.1) is 0 Å². The summed E-state index contributed by atoms with van der Waals surface area (Å²) in [7, 11) is 0. The number of halogens is 1. The Labute approximate surface area is 129 Å². The first kappa shape index (κ1) is 16.9. The van der Waals surface area contributed by atoms with Gasteiger partial charge in [0, 0.05) is 37.5 Å². The fourth-order valence-corrected chi connectivity index (χ4v) is 2.99. The summed E-state index contributed by atoms with van der Waals surface area (Å²) in [5.41, 5.74) is 0. The molecule has 1 aromatic heterocycles. The van der Waals surface area contributed by atoms with Gasteiger partial charge in [-0.05, 0) is 19.1 Å². The number of hydrogen-bond donors (Lipinski definition) is 2. The van der Waals surface area contributed by atoms with E-state index in [9.17, 15) is 9.59 Å². The highest BCUT2D eigenvalue weighted by Gasteiger charge is 2.24. The van der Waals surface area contributed by atoms with Crippen LogP contribution in [0.3, 0.4) is 0 Å². The van der Waals surface area contributed by atoms with Gasteiger partial charge in [0.15, 0.2) is 0 Å². The minimum atomic E-state index is -0.0583. The maximum absolute atomic E-state index is 12.4. The van der Waals surface area contributed by atoms with Gasteiger partial charge >= 0.3 is 0 Å². The number of nitrogens with zero attached hydrogens (tertiary/aromatic N) is 1. The van der Waals surface area contributed by atoms with E-state index in [2.05, 4.69) is 17.6 Å². The zero-order valence-electron chi connectivity index (χ0n) is 11.6. The van der Waals surface area contributed by atoms with Crippen molar-refractivity contribution < 1.29 is 9.59 Å². The fourth-order valence-electron chi connectivity index (χ4n) is 2.08. The lowest BCUT2D eigenvalue weighted by molar-refractivity contribution is -0.119. The summed E-state index contributed by atoms with van der Waals surface area (Å²) in [5, 5.41) is 6.01. The molecule has 2 rings (SSSR count). The van der Waals surface area contributed by atoms with Crippen LogP contribution in [-0.4, -0.2) is 42.4 Å². The molecule has 1 saturated heterocycles. The van der Waals surface area contributed by atoms with E-state index in [0.29, 0.717) is 6.54 Å². The molecule has 5 nitrogen and oxygen atoms in total. The topological polar surface area (TPSA) is 61.4 Å². The van der Waals surface area contributed by atoms with Gasteiger partial charge in [-0.3, -0.25) is 9.59 Å². The Morgan fingerprint density at radius 3 is 2.90 bits per heavy atom. The number of carbonyl (C=O) groups is 2. The van der Waals surface area contributed by atoms with Gasteiger partial charge in [-0.25, -0.2) is 0 Å². The van der Waals surface area contributed by atoms with Crippen molar-refractivity contribution in [1.82, 2.24) is 15.5 Å². The lowest BCUT2D eigenvalue weighted by atomic mass is 10.2. The molecule has 20 heavy (non-hydrogen) atoms. The van der Waals surface area contributed by atoms with Crippen LogP contribution in [0.25, 0.3) is 0 Å². The predicted molar refractivity (Wildman–Crippen MR) is 82.5 cm³/mol. The molecule has 0 aromatic carbocycles. The van der Waals surface area contributed by atoms with Crippen LogP contribution in [0.4, 0.5) is 0 Å². The predicted octanol–water partition coefficient (Wildman–Crippen LogP) is 1.24. The second-order valence-corrected chi connectivity index (χ2v) is 5.90. The molecular formula is C13H20ClN3O2S. The van der Waals surface area contributed by atoms with Gasteiger partial charge in [-0.2, -0.15) is 0 Å². The SMILES string of the molecule is CC(=O)NCc1ccc(C(=O)N2CCNC[C@H]2C)s1.Cl. The first-order valence-electron chi connectivity index (χ1n) is 6.43. The van der Waals surface area contributed by atoms with Crippen molar-refractivity contribution >= 4 is 35.6 Å². The molecule has 0 aliphatic carbocycles. The maximum atomic E-state index is 12.4. The lowest BCUT2D eigenvalue weighted by Crippen LogP contribution is -2.52.